The number of hydrogen-bond acceptors (Lipinski definition) is 3. The first-order chi connectivity index (χ1) is 9.75. The Hall–Kier alpha value is -0.810. The molecule has 1 aliphatic rings. The molecule has 1 aromatic carbocycles. The fraction of sp³-hybridized carbons (Fsp3) is 0.562. The molecule has 0 spiro atoms. The molecule has 1 unspecified atom stereocenters. The average molecular weight is 348 g/mol. The summed E-state index contributed by atoms with van der Waals surface area (Å²) in [4.78, 5) is 14.3. The highest BCUT2D eigenvalue weighted by molar-refractivity contribution is 5.85. The van der Waals surface area contributed by atoms with Crippen LogP contribution in [-0.4, -0.2) is 43.0 Å². The van der Waals surface area contributed by atoms with Crippen LogP contribution in [0.4, 0.5) is 0 Å². The van der Waals surface area contributed by atoms with Crippen molar-refractivity contribution in [1.82, 2.24) is 10.2 Å². The average Bonchev–Trinajstić information content (AvgIpc) is 2.49. The van der Waals surface area contributed by atoms with Gasteiger partial charge in [0, 0.05) is 13.1 Å². The summed E-state index contributed by atoms with van der Waals surface area (Å²) < 4.78 is 0. The predicted octanol–water partition coefficient (Wildman–Crippen LogP) is 2.00. The number of nitrogens with zero attached hydrogens (tertiary/aromatic N) is 1. The SMILES string of the molecule is Cl.Cl.NC(Cc1ccccc1)C(=O)NCCN1CCCCC1. The Bertz CT molecular complexity index is 411. The molecule has 1 aromatic rings. The number of nitrogens with two attached hydrogens (primary N) is 1. The van der Waals surface area contributed by atoms with Gasteiger partial charge < -0.3 is 16.0 Å². The molecule has 1 fully saturated rings. The van der Waals surface area contributed by atoms with E-state index in [9.17, 15) is 4.79 Å². The summed E-state index contributed by atoms with van der Waals surface area (Å²) in [5.41, 5.74) is 7.05. The highest BCUT2D eigenvalue weighted by Crippen LogP contribution is 2.07. The molecule has 1 saturated heterocycles. The zero-order chi connectivity index (χ0) is 14.2. The van der Waals surface area contributed by atoms with Gasteiger partial charge in [-0.1, -0.05) is 36.8 Å². The first-order valence-corrected chi connectivity index (χ1v) is 7.55. The van der Waals surface area contributed by atoms with E-state index in [0.29, 0.717) is 13.0 Å². The number of hydrogen-bond donors (Lipinski definition) is 2. The molecule has 1 atom stereocenters. The Morgan fingerprint density at radius 3 is 2.41 bits per heavy atom. The molecule has 1 heterocycles. The fourth-order valence-corrected chi connectivity index (χ4v) is 2.61. The maximum atomic E-state index is 11.9. The van der Waals surface area contributed by atoms with Crippen molar-refractivity contribution in [2.75, 3.05) is 26.2 Å². The minimum atomic E-state index is -0.459. The molecule has 1 aliphatic heterocycles. The van der Waals surface area contributed by atoms with Gasteiger partial charge in [0.1, 0.15) is 0 Å². The number of piperidine rings is 1. The number of rotatable bonds is 6. The van der Waals surface area contributed by atoms with Crippen molar-refractivity contribution in [3.63, 3.8) is 0 Å². The Morgan fingerprint density at radius 2 is 1.77 bits per heavy atom. The van der Waals surface area contributed by atoms with Gasteiger partial charge in [0.2, 0.25) is 5.91 Å². The van der Waals surface area contributed by atoms with E-state index in [0.717, 1.165) is 25.2 Å². The minimum Gasteiger partial charge on any atom is -0.353 e. The lowest BCUT2D eigenvalue weighted by Crippen LogP contribution is -2.45. The smallest absolute Gasteiger partial charge is 0.237 e. The van der Waals surface area contributed by atoms with Crippen LogP contribution in [0.1, 0.15) is 24.8 Å². The van der Waals surface area contributed by atoms with Crippen molar-refractivity contribution in [2.45, 2.75) is 31.7 Å². The van der Waals surface area contributed by atoms with Crippen molar-refractivity contribution in [3.05, 3.63) is 35.9 Å². The summed E-state index contributed by atoms with van der Waals surface area (Å²) in [6.45, 7) is 3.95. The number of halogens is 2. The lowest BCUT2D eigenvalue weighted by molar-refractivity contribution is -0.122. The zero-order valence-corrected chi connectivity index (χ0v) is 14.5. The molecule has 3 N–H and O–H groups in total. The zero-order valence-electron chi connectivity index (χ0n) is 12.9. The van der Waals surface area contributed by atoms with Crippen LogP contribution < -0.4 is 11.1 Å². The van der Waals surface area contributed by atoms with Gasteiger partial charge >= 0.3 is 0 Å². The summed E-state index contributed by atoms with van der Waals surface area (Å²) >= 11 is 0. The number of likely N-dealkylation sites (tertiary alicyclic amines) is 1. The lowest BCUT2D eigenvalue weighted by atomic mass is 10.1. The molecule has 0 aliphatic carbocycles. The number of carbonyl (C=O) groups is 1. The van der Waals surface area contributed by atoms with Crippen LogP contribution in [-0.2, 0) is 11.2 Å². The maximum absolute atomic E-state index is 11.9. The molecule has 0 saturated carbocycles. The number of carbonyl (C=O) groups excluding carboxylic acids is 1. The van der Waals surface area contributed by atoms with Gasteiger partial charge in [-0.05, 0) is 37.9 Å². The molecule has 0 radical (unpaired) electrons. The van der Waals surface area contributed by atoms with Crippen molar-refractivity contribution >= 4 is 30.7 Å². The topological polar surface area (TPSA) is 58.4 Å². The Kier molecular flexibility index (Phi) is 11.3. The fourth-order valence-electron chi connectivity index (χ4n) is 2.61. The van der Waals surface area contributed by atoms with Gasteiger partial charge in [-0.15, -0.1) is 24.8 Å². The molecule has 0 aromatic heterocycles. The second-order valence-corrected chi connectivity index (χ2v) is 5.49. The monoisotopic (exact) mass is 347 g/mol. The van der Waals surface area contributed by atoms with Crippen LogP contribution in [0, 0.1) is 0 Å². The third kappa shape index (κ3) is 7.45. The van der Waals surface area contributed by atoms with E-state index >= 15 is 0 Å². The normalized spacial score (nSPS) is 16.0. The molecule has 2 rings (SSSR count). The third-order valence-corrected chi connectivity index (χ3v) is 3.81. The standard InChI is InChI=1S/C16H25N3O.2ClH/c17-15(13-14-7-3-1-4-8-14)16(20)18-9-12-19-10-5-2-6-11-19;;/h1,3-4,7-8,15H,2,5-6,9-13,17H2,(H,18,20);2*1H. The molecular weight excluding hydrogens is 321 g/mol. The van der Waals surface area contributed by atoms with Crippen LogP contribution in [0.5, 0.6) is 0 Å². The number of nitrogens with one attached hydrogen (secondary N) is 1. The van der Waals surface area contributed by atoms with E-state index in [2.05, 4.69) is 10.2 Å². The van der Waals surface area contributed by atoms with Gasteiger partial charge in [-0.2, -0.15) is 0 Å². The molecule has 0 bridgehead atoms. The van der Waals surface area contributed by atoms with Crippen molar-refractivity contribution in [2.24, 2.45) is 5.73 Å². The van der Waals surface area contributed by atoms with E-state index in [1.54, 1.807) is 0 Å². The summed E-state index contributed by atoms with van der Waals surface area (Å²) in [5, 5.41) is 2.94. The first kappa shape index (κ1) is 21.2. The Morgan fingerprint density at radius 1 is 1.14 bits per heavy atom. The third-order valence-electron chi connectivity index (χ3n) is 3.81. The van der Waals surface area contributed by atoms with E-state index in [-0.39, 0.29) is 30.7 Å². The van der Waals surface area contributed by atoms with Crippen molar-refractivity contribution in [3.8, 4) is 0 Å². The van der Waals surface area contributed by atoms with Crippen LogP contribution >= 0.6 is 24.8 Å². The number of amides is 1. The van der Waals surface area contributed by atoms with E-state index in [4.69, 9.17) is 5.73 Å². The molecule has 22 heavy (non-hydrogen) atoms. The molecular formula is C16H27Cl2N3O. The number of benzene rings is 1. The summed E-state index contributed by atoms with van der Waals surface area (Å²) in [5.74, 6) is -0.0501. The largest absolute Gasteiger partial charge is 0.353 e. The van der Waals surface area contributed by atoms with Crippen LogP contribution in [0.2, 0.25) is 0 Å². The van der Waals surface area contributed by atoms with E-state index in [1.165, 1.54) is 19.3 Å². The van der Waals surface area contributed by atoms with Gasteiger partial charge in [-0.25, -0.2) is 0 Å². The quantitative estimate of drug-likeness (QED) is 0.827. The molecule has 1 amide bonds. The highest BCUT2D eigenvalue weighted by Gasteiger charge is 2.14. The Balaban J connectivity index is 0.00000220. The summed E-state index contributed by atoms with van der Waals surface area (Å²) in [7, 11) is 0. The lowest BCUT2D eigenvalue weighted by Gasteiger charge is -2.26. The molecule has 4 nitrogen and oxygen atoms in total. The van der Waals surface area contributed by atoms with Gasteiger partial charge in [0.15, 0.2) is 0 Å². The second-order valence-electron chi connectivity index (χ2n) is 5.49. The van der Waals surface area contributed by atoms with Crippen LogP contribution in [0.3, 0.4) is 0 Å². The highest BCUT2D eigenvalue weighted by atomic mass is 35.5. The van der Waals surface area contributed by atoms with Crippen molar-refractivity contribution in [1.29, 1.82) is 0 Å². The van der Waals surface area contributed by atoms with E-state index in [1.807, 2.05) is 30.3 Å². The maximum Gasteiger partial charge on any atom is 0.237 e. The molecule has 6 heteroatoms. The molecule has 126 valence electrons. The van der Waals surface area contributed by atoms with Crippen LogP contribution in [0.25, 0.3) is 0 Å². The van der Waals surface area contributed by atoms with Gasteiger partial charge in [-0.3, -0.25) is 4.79 Å². The summed E-state index contributed by atoms with van der Waals surface area (Å²) in [6.07, 6.45) is 4.49. The van der Waals surface area contributed by atoms with Crippen molar-refractivity contribution < 1.29 is 4.79 Å². The summed E-state index contributed by atoms with van der Waals surface area (Å²) in [6, 6.07) is 9.45. The van der Waals surface area contributed by atoms with Gasteiger partial charge in [0.25, 0.3) is 0 Å². The van der Waals surface area contributed by atoms with Gasteiger partial charge in [0.05, 0.1) is 6.04 Å². The van der Waals surface area contributed by atoms with Crippen LogP contribution in [0.15, 0.2) is 30.3 Å². The predicted molar refractivity (Wildman–Crippen MR) is 95.9 cm³/mol. The minimum absolute atomic E-state index is 0. The Labute approximate surface area is 145 Å². The van der Waals surface area contributed by atoms with E-state index < -0.39 is 6.04 Å². The first-order valence-electron chi connectivity index (χ1n) is 7.55. The second kappa shape index (κ2) is 11.7.